The fourth-order valence-corrected chi connectivity index (χ4v) is 2.15. The van der Waals surface area contributed by atoms with Crippen molar-refractivity contribution in [3.63, 3.8) is 0 Å². The van der Waals surface area contributed by atoms with Crippen LogP contribution in [-0.4, -0.2) is 29.1 Å². The maximum atomic E-state index is 4.57. The first-order valence-electron chi connectivity index (χ1n) is 7.89. The quantitative estimate of drug-likeness (QED) is 0.753. The molecule has 0 spiro atoms. The molecule has 0 saturated heterocycles. The normalized spacial score (nSPS) is 11.3. The van der Waals surface area contributed by atoms with E-state index in [2.05, 4.69) is 54.8 Å². The van der Waals surface area contributed by atoms with E-state index in [0.29, 0.717) is 6.04 Å². The van der Waals surface area contributed by atoms with Crippen LogP contribution in [0.2, 0.25) is 0 Å². The SMILES string of the molecule is CCC(CC)CN(CC)c1cnc(CNC(C)C)cn1. The van der Waals surface area contributed by atoms with E-state index in [-0.39, 0.29) is 0 Å². The van der Waals surface area contributed by atoms with Crippen LogP contribution in [-0.2, 0) is 6.54 Å². The molecule has 0 aromatic carbocycles. The monoisotopic (exact) mass is 278 g/mol. The third-order valence-electron chi connectivity index (χ3n) is 3.72. The second-order valence-electron chi connectivity index (χ2n) is 5.62. The minimum Gasteiger partial charge on any atom is -0.355 e. The highest BCUT2D eigenvalue weighted by atomic mass is 15.2. The average molecular weight is 278 g/mol. The molecule has 0 amide bonds. The van der Waals surface area contributed by atoms with Crippen LogP contribution in [0.25, 0.3) is 0 Å². The van der Waals surface area contributed by atoms with Crippen LogP contribution < -0.4 is 10.2 Å². The third-order valence-corrected chi connectivity index (χ3v) is 3.72. The number of nitrogens with one attached hydrogen (secondary N) is 1. The molecule has 114 valence electrons. The third kappa shape index (κ3) is 5.45. The van der Waals surface area contributed by atoms with E-state index in [1.54, 1.807) is 0 Å². The number of rotatable bonds is 9. The zero-order valence-corrected chi connectivity index (χ0v) is 13.7. The molecule has 0 fully saturated rings. The average Bonchev–Trinajstić information content (AvgIpc) is 2.47. The topological polar surface area (TPSA) is 41.1 Å². The van der Waals surface area contributed by atoms with Crippen molar-refractivity contribution in [1.29, 1.82) is 0 Å². The molecule has 1 aromatic heterocycles. The van der Waals surface area contributed by atoms with E-state index >= 15 is 0 Å². The first-order chi connectivity index (χ1) is 9.60. The summed E-state index contributed by atoms with van der Waals surface area (Å²) in [5.41, 5.74) is 1.00. The molecule has 1 aromatic rings. The summed E-state index contributed by atoms with van der Waals surface area (Å²) in [6.45, 7) is 13.8. The maximum Gasteiger partial charge on any atom is 0.147 e. The summed E-state index contributed by atoms with van der Waals surface area (Å²) >= 11 is 0. The number of hydrogen-bond donors (Lipinski definition) is 1. The molecule has 4 nitrogen and oxygen atoms in total. The van der Waals surface area contributed by atoms with Crippen molar-refractivity contribution in [2.24, 2.45) is 5.92 Å². The predicted molar refractivity (Wildman–Crippen MR) is 86.0 cm³/mol. The standard InChI is InChI=1S/C16H30N4/c1-6-14(7-2)12-20(8-3)16-11-18-15(10-19-16)9-17-13(4)5/h10-11,13-14,17H,6-9,12H2,1-5H3. The lowest BCUT2D eigenvalue weighted by Gasteiger charge is -2.26. The van der Waals surface area contributed by atoms with Gasteiger partial charge in [0.25, 0.3) is 0 Å². The van der Waals surface area contributed by atoms with Gasteiger partial charge in [-0.2, -0.15) is 0 Å². The molecule has 4 heteroatoms. The molecule has 0 radical (unpaired) electrons. The molecular formula is C16H30N4. The minimum atomic E-state index is 0.471. The van der Waals surface area contributed by atoms with Gasteiger partial charge in [-0.25, -0.2) is 4.98 Å². The molecule has 1 N–H and O–H groups in total. The first kappa shape index (κ1) is 16.9. The summed E-state index contributed by atoms with van der Waals surface area (Å²) in [5, 5.41) is 3.36. The molecule has 0 saturated carbocycles. The van der Waals surface area contributed by atoms with Crippen LogP contribution in [0.3, 0.4) is 0 Å². The van der Waals surface area contributed by atoms with Crippen molar-refractivity contribution in [2.45, 2.75) is 60.0 Å². The van der Waals surface area contributed by atoms with Gasteiger partial charge >= 0.3 is 0 Å². The smallest absolute Gasteiger partial charge is 0.147 e. The van der Waals surface area contributed by atoms with Crippen molar-refractivity contribution in [3.8, 4) is 0 Å². The molecule has 0 unspecified atom stereocenters. The Morgan fingerprint density at radius 1 is 1.10 bits per heavy atom. The molecular weight excluding hydrogens is 248 g/mol. The Bertz CT molecular complexity index is 357. The van der Waals surface area contributed by atoms with Crippen LogP contribution in [0.4, 0.5) is 5.82 Å². The van der Waals surface area contributed by atoms with Gasteiger partial charge < -0.3 is 10.2 Å². The van der Waals surface area contributed by atoms with E-state index in [1.807, 2.05) is 12.4 Å². The Morgan fingerprint density at radius 3 is 2.25 bits per heavy atom. The minimum absolute atomic E-state index is 0.471. The lowest BCUT2D eigenvalue weighted by atomic mass is 10.0. The van der Waals surface area contributed by atoms with Gasteiger partial charge in [-0.05, 0) is 12.8 Å². The van der Waals surface area contributed by atoms with Crippen molar-refractivity contribution < 1.29 is 0 Å². The Morgan fingerprint density at radius 2 is 1.80 bits per heavy atom. The van der Waals surface area contributed by atoms with Gasteiger partial charge in [-0.15, -0.1) is 0 Å². The van der Waals surface area contributed by atoms with E-state index in [1.165, 1.54) is 12.8 Å². The molecule has 1 rings (SSSR count). The van der Waals surface area contributed by atoms with Gasteiger partial charge in [-0.1, -0.05) is 40.5 Å². The Kier molecular flexibility index (Phi) is 7.52. The first-order valence-corrected chi connectivity index (χ1v) is 7.89. The number of nitrogens with zero attached hydrogens (tertiary/aromatic N) is 3. The van der Waals surface area contributed by atoms with Gasteiger partial charge in [0.05, 0.1) is 18.1 Å². The van der Waals surface area contributed by atoms with Crippen molar-refractivity contribution in [1.82, 2.24) is 15.3 Å². The molecule has 0 bridgehead atoms. The Hall–Kier alpha value is -1.16. The molecule has 20 heavy (non-hydrogen) atoms. The molecule has 0 aliphatic carbocycles. The van der Waals surface area contributed by atoms with Gasteiger partial charge in [0.2, 0.25) is 0 Å². The summed E-state index contributed by atoms with van der Waals surface area (Å²) in [6, 6.07) is 0.471. The number of hydrogen-bond acceptors (Lipinski definition) is 4. The fourth-order valence-electron chi connectivity index (χ4n) is 2.15. The second-order valence-corrected chi connectivity index (χ2v) is 5.62. The van der Waals surface area contributed by atoms with E-state index in [0.717, 1.165) is 37.1 Å². The van der Waals surface area contributed by atoms with Crippen molar-refractivity contribution >= 4 is 5.82 Å². The molecule has 0 aliphatic heterocycles. The van der Waals surface area contributed by atoms with Gasteiger partial charge in [0.1, 0.15) is 5.82 Å². The summed E-state index contributed by atoms with van der Waals surface area (Å²) in [7, 11) is 0. The second kappa shape index (κ2) is 8.90. The van der Waals surface area contributed by atoms with Gasteiger partial charge in [-0.3, -0.25) is 4.98 Å². The Labute approximate surface area is 124 Å². The number of aromatic nitrogens is 2. The lowest BCUT2D eigenvalue weighted by Crippen LogP contribution is -2.30. The summed E-state index contributed by atoms with van der Waals surface area (Å²) in [5.74, 6) is 1.73. The van der Waals surface area contributed by atoms with E-state index in [9.17, 15) is 0 Å². The zero-order valence-electron chi connectivity index (χ0n) is 13.7. The summed E-state index contributed by atoms with van der Waals surface area (Å²) in [6.07, 6.45) is 6.23. The summed E-state index contributed by atoms with van der Waals surface area (Å²) < 4.78 is 0. The number of anilines is 1. The largest absolute Gasteiger partial charge is 0.355 e. The molecule has 1 heterocycles. The highest BCUT2D eigenvalue weighted by Gasteiger charge is 2.12. The Balaban J connectivity index is 2.64. The molecule has 0 atom stereocenters. The fraction of sp³-hybridized carbons (Fsp3) is 0.750. The van der Waals surface area contributed by atoms with Crippen LogP contribution in [0, 0.1) is 5.92 Å². The van der Waals surface area contributed by atoms with Crippen molar-refractivity contribution in [2.75, 3.05) is 18.0 Å². The van der Waals surface area contributed by atoms with Crippen LogP contribution in [0.1, 0.15) is 53.2 Å². The maximum absolute atomic E-state index is 4.57. The highest BCUT2D eigenvalue weighted by molar-refractivity contribution is 5.35. The van der Waals surface area contributed by atoms with E-state index in [4.69, 9.17) is 0 Å². The van der Waals surface area contributed by atoms with Gasteiger partial charge in [0, 0.05) is 25.7 Å². The van der Waals surface area contributed by atoms with Crippen LogP contribution in [0.15, 0.2) is 12.4 Å². The van der Waals surface area contributed by atoms with E-state index < -0.39 is 0 Å². The summed E-state index contributed by atoms with van der Waals surface area (Å²) in [4.78, 5) is 11.4. The molecule has 0 aliphatic rings. The van der Waals surface area contributed by atoms with Crippen LogP contribution >= 0.6 is 0 Å². The lowest BCUT2D eigenvalue weighted by molar-refractivity contribution is 0.484. The van der Waals surface area contributed by atoms with Gasteiger partial charge in [0.15, 0.2) is 0 Å². The van der Waals surface area contributed by atoms with Crippen LogP contribution in [0.5, 0.6) is 0 Å². The highest BCUT2D eigenvalue weighted by Crippen LogP contribution is 2.15. The van der Waals surface area contributed by atoms with Crippen molar-refractivity contribution in [3.05, 3.63) is 18.1 Å². The predicted octanol–water partition coefficient (Wildman–Crippen LogP) is 3.24. The zero-order chi connectivity index (χ0) is 15.0.